The molecule has 1 aromatic heterocycles. The molecule has 0 aliphatic carbocycles. The number of fused-ring (bicyclic) bond motifs is 3. The van der Waals surface area contributed by atoms with E-state index in [-0.39, 0.29) is 0 Å². The molecule has 0 atom stereocenters. The Morgan fingerprint density at radius 1 is 0.613 bits per heavy atom. The van der Waals surface area contributed by atoms with Crippen molar-refractivity contribution in [3.63, 3.8) is 0 Å². The van der Waals surface area contributed by atoms with Crippen LogP contribution in [0.15, 0.2) is 40.8 Å². The van der Waals surface area contributed by atoms with Gasteiger partial charge in [0, 0.05) is 37.0 Å². The number of likely N-dealkylation sites (N-methyl/N-ethyl adjacent to an activating group) is 2. The lowest BCUT2D eigenvalue weighted by molar-refractivity contribution is 0.420. The van der Waals surface area contributed by atoms with E-state index in [2.05, 4.69) is 105 Å². The van der Waals surface area contributed by atoms with Crippen molar-refractivity contribution in [1.82, 2.24) is 9.80 Å². The van der Waals surface area contributed by atoms with Crippen molar-refractivity contribution in [2.24, 2.45) is 0 Å². The molecule has 0 saturated heterocycles. The first-order valence-electron chi connectivity index (χ1n) is 11.5. The van der Waals surface area contributed by atoms with Gasteiger partial charge in [-0.05, 0) is 40.3 Å². The molecule has 3 rings (SSSR count). The Hall–Kier alpha value is -1.18. The first-order chi connectivity index (χ1) is 14.7. The Kier molecular flexibility index (Phi) is 8.39. The summed E-state index contributed by atoms with van der Waals surface area (Å²) in [6.07, 6.45) is 0. The first kappa shape index (κ1) is 24.5. The van der Waals surface area contributed by atoms with Crippen LogP contribution in [-0.2, 0) is 0 Å². The van der Waals surface area contributed by atoms with Gasteiger partial charge in [-0.2, -0.15) is 0 Å². The summed E-state index contributed by atoms with van der Waals surface area (Å²) >= 11 is -2.11. The van der Waals surface area contributed by atoms with E-state index < -0.39 is 28.7 Å². The topological polar surface area (TPSA) is 26.1 Å². The average molecular weight is 453 g/mol. The highest BCUT2D eigenvalue weighted by atomic mass is 27.2. The number of hydrogen-bond acceptors (Lipinski definition) is 5. The second kappa shape index (κ2) is 10.6. The lowest BCUT2D eigenvalue weighted by Gasteiger charge is -2.29. The fraction of sp³-hybridized carbons (Fsp3) is 0.500. The molecule has 0 bridgehead atoms. The van der Waals surface area contributed by atoms with Crippen LogP contribution in [0, 0.1) is 0 Å². The summed E-state index contributed by atoms with van der Waals surface area (Å²) in [5, 5.41) is 2.47. The SMILES string of the molecule is CN(C)CC[N](c1cccc2c1oc1c([N](CCN(C)C)[Al]([CH3])[CH3])cccc12)[Al]([CH3])[CH3]. The zero-order valence-electron chi connectivity index (χ0n) is 20.6. The van der Waals surface area contributed by atoms with Gasteiger partial charge >= 0.3 is 28.7 Å². The summed E-state index contributed by atoms with van der Waals surface area (Å²) in [6, 6.07) is 13.3. The summed E-state index contributed by atoms with van der Waals surface area (Å²) in [6.45, 7) is 4.16. The zero-order valence-corrected chi connectivity index (χ0v) is 23.0. The van der Waals surface area contributed by atoms with Crippen molar-refractivity contribution in [2.75, 3.05) is 62.1 Å². The highest BCUT2D eigenvalue weighted by molar-refractivity contribution is 6.61. The maximum atomic E-state index is 6.72. The summed E-state index contributed by atoms with van der Waals surface area (Å²) in [4.78, 5) is 4.52. The van der Waals surface area contributed by atoms with E-state index in [0.717, 1.165) is 37.3 Å². The van der Waals surface area contributed by atoms with Crippen molar-refractivity contribution in [1.29, 1.82) is 0 Å². The van der Waals surface area contributed by atoms with Gasteiger partial charge < -0.3 is 22.0 Å². The Morgan fingerprint density at radius 3 is 1.32 bits per heavy atom. The molecule has 0 aliphatic heterocycles. The van der Waals surface area contributed by atoms with Crippen LogP contribution in [0.4, 0.5) is 11.4 Å². The Balaban J connectivity index is 2.13. The van der Waals surface area contributed by atoms with E-state index >= 15 is 0 Å². The van der Waals surface area contributed by atoms with Crippen LogP contribution >= 0.6 is 0 Å². The van der Waals surface area contributed by atoms with Crippen molar-refractivity contribution >= 4 is 62.1 Å². The summed E-state index contributed by atoms with van der Waals surface area (Å²) < 4.78 is 11.9. The number of benzene rings is 2. The van der Waals surface area contributed by atoms with Gasteiger partial charge in [-0.3, -0.25) is 0 Å². The zero-order chi connectivity index (χ0) is 22.7. The van der Waals surface area contributed by atoms with Gasteiger partial charge in [0.15, 0.2) is 11.2 Å². The molecule has 0 unspecified atom stereocenters. The largest absolute Gasteiger partial charge is 0.459 e. The Labute approximate surface area is 197 Å². The molecule has 7 heteroatoms. The molecule has 1 heterocycles. The molecule has 166 valence electrons. The van der Waals surface area contributed by atoms with Gasteiger partial charge in [0.1, 0.15) is 0 Å². The van der Waals surface area contributed by atoms with Gasteiger partial charge in [0.05, 0.1) is 11.4 Å². The maximum Gasteiger partial charge on any atom is 0.407 e. The molecule has 0 amide bonds. The van der Waals surface area contributed by atoms with Crippen LogP contribution in [0.3, 0.4) is 0 Å². The predicted molar refractivity (Wildman–Crippen MR) is 140 cm³/mol. The van der Waals surface area contributed by atoms with Gasteiger partial charge in [-0.15, -0.1) is 0 Å². The minimum absolute atomic E-state index is 1.04. The molecular weight excluding hydrogens is 414 g/mol. The fourth-order valence-corrected chi connectivity index (χ4v) is 6.95. The molecule has 0 N–H and O–H groups in total. The lowest BCUT2D eigenvalue weighted by atomic mass is 10.1. The third-order valence-electron chi connectivity index (χ3n) is 5.92. The number of furan rings is 1. The number of anilines is 2. The minimum atomic E-state index is -1.06. The molecule has 31 heavy (non-hydrogen) atoms. The highest BCUT2D eigenvalue weighted by Gasteiger charge is 2.24. The normalized spacial score (nSPS) is 11.7. The molecule has 0 aliphatic rings. The molecule has 0 radical (unpaired) electrons. The minimum Gasteiger partial charge on any atom is -0.459 e. The van der Waals surface area contributed by atoms with Crippen LogP contribution in [-0.4, -0.2) is 92.9 Å². The Morgan fingerprint density at radius 2 is 1.00 bits per heavy atom. The van der Waals surface area contributed by atoms with Crippen molar-refractivity contribution < 1.29 is 4.42 Å². The smallest absolute Gasteiger partial charge is 0.407 e. The molecule has 2 aromatic carbocycles. The third kappa shape index (κ3) is 5.61. The second-order valence-electron chi connectivity index (χ2n) is 9.59. The average Bonchev–Trinajstić information content (AvgIpc) is 3.07. The van der Waals surface area contributed by atoms with Crippen LogP contribution in [0.5, 0.6) is 0 Å². The van der Waals surface area contributed by atoms with Crippen LogP contribution in [0.2, 0.25) is 23.1 Å². The summed E-state index contributed by atoms with van der Waals surface area (Å²) in [5.74, 6) is 9.59. The Bertz CT molecular complexity index is 922. The van der Waals surface area contributed by atoms with Crippen LogP contribution < -0.4 is 7.77 Å². The fourth-order valence-electron chi connectivity index (χ4n) is 4.17. The number of para-hydroxylation sites is 2. The van der Waals surface area contributed by atoms with Gasteiger partial charge in [-0.1, -0.05) is 47.4 Å². The van der Waals surface area contributed by atoms with E-state index in [0.29, 0.717) is 0 Å². The maximum absolute atomic E-state index is 6.72. The molecule has 3 aromatic rings. The van der Waals surface area contributed by atoms with E-state index in [1.807, 2.05) is 0 Å². The van der Waals surface area contributed by atoms with Crippen LogP contribution in [0.25, 0.3) is 21.9 Å². The molecule has 0 fully saturated rings. The standard InChI is InChI=1S/C20H26N4O.4CH3.2Al/c1-23(2)13-11-21-17-9-5-7-15-16-8-6-10-18(20(16)25-19(15)17)22-12-14-24(3)4;;;;;;/h5-10H,11-14H2,1-4H3;4*1H3;;/q-2;;;;;2*+1. The molecule has 5 nitrogen and oxygen atoms in total. The quantitative estimate of drug-likeness (QED) is 0.411. The van der Waals surface area contributed by atoms with Crippen molar-refractivity contribution in [3.8, 4) is 0 Å². The van der Waals surface area contributed by atoms with E-state index in [1.54, 1.807) is 0 Å². The monoisotopic (exact) mass is 452 g/mol. The predicted octanol–water partition coefficient (Wildman–Crippen LogP) is 4.82. The van der Waals surface area contributed by atoms with Gasteiger partial charge in [0.2, 0.25) is 0 Å². The first-order valence-corrected chi connectivity index (χ1v) is 17.1. The highest BCUT2D eigenvalue weighted by Crippen LogP contribution is 2.39. The van der Waals surface area contributed by atoms with Gasteiger partial charge in [0.25, 0.3) is 0 Å². The molecule has 0 spiro atoms. The van der Waals surface area contributed by atoms with E-state index in [9.17, 15) is 0 Å². The number of rotatable bonds is 10. The number of nitrogens with zero attached hydrogens (tertiary/aromatic N) is 4. The molecule has 0 saturated carbocycles. The lowest BCUT2D eigenvalue weighted by Crippen LogP contribution is -2.39. The second-order valence-corrected chi connectivity index (χ2v) is 15.2. The van der Waals surface area contributed by atoms with Crippen molar-refractivity contribution in [3.05, 3.63) is 36.4 Å². The van der Waals surface area contributed by atoms with Crippen molar-refractivity contribution in [2.45, 2.75) is 23.1 Å². The van der Waals surface area contributed by atoms with E-state index in [1.165, 1.54) is 22.1 Å². The third-order valence-corrected chi connectivity index (χ3v) is 9.49. The number of hydrogen-bond donors (Lipinski definition) is 0. The van der Waals surface area contributed by atoms with Crippen LogP contribution in [0.1, 0.15) is 0 Å². The summed E-state index contributed by atoms with van der Waals surface area (Å²) in [7, 11) is 8.58. The summed E-state index contributed by atoms with van der Waals surface area (Å²) in [5.41, 5.74) is 4.60. The van der Waals surface area contributed by atoms with Gasteiger partial charge in [-0.25, -0.2) is 0 Å². The van der Waals surface area contributed by atoms with E-state index in [4.69, 9.17) is 4.42 Å². The molecular formula is C24H38Al2N4O.